The summed E-state index contributed by atoms with van der Waals surface area (Å²) in [6.45, 7) is 2.23. The van der Waals surface area contributed by atoms with Crippen molar-refractivity contribution in [3.05, 3.63) is 59.0 Å². The summed E-state index contributed by atoms with van der Waals surface area (Å²) in [7, 11) is 1.61. The number of fused-ring (bicyclic) bond motifs is 1. The van der Waals surface area contributed by atoms with Crippen LogP contribution in [0.1, 0.15) is 27.4 Å². The molecule has 2 aromatic heterocycles. The molecule has 3 aromatic rings. The number of hydrogen-bond donors (Lipinski definition) is 1. The summed E-state index contributed by atoms with van der Waals surface area (Å²) in [5.41, 5.74) is 8.99. The summed E-state index contributed by atoms with van der Waals surface area (Å²) in [6.07, 6.45) is 0. The molecule has 2 heterocycles. The zero-order valence-corrected chi connectivity index (χ0v) is 12.4. The first kappa shape index (κ1) is 14.3. The van der Waals surface area contributed by atoms with Crippen LogP contribution >= 0.6 is 0 Å². The van der Waals surface area contributed by atoms with E-state index in [1.165, 1.54) is 0 Å². The van der Waals surface area contributed by atoms with Crippen molar-refractivity contribution in [1.29, 1.82) is 0 Å². The van der Waals surface area contributed by atoms with Crippen LogP contribution in [0.2, 0.25) is 0 Å². The fraction of sp³-hybridized carbons (Fsp3) is 0.176. The number of pyridine rings is 1. The predicted molar refractivity (Wildman–Crippen MR) is 83.7 cm³/mol. The number of aromatic nitrogens is 1. The van der Waals surface area contributed by atoms with Gasteiger partial charge in [0.2, 0.25) is 17.3 Å². The Labute approximate surface area is 127 Å². The number of carbonyl (C=O) groups excluding carboxylic acids is 1. The molecule has 5 nitrogen and oxygen atoms in total. The highest BCUT2D eigenvalue weighted by atomic mass is 16.5. The van der Waals surface area contributed by atoms with Crippen molar-refractivity contribution < 1.29 is 13.9 Å². The van der Waals surface area contributed by atoms with Crippen molar-refractivity contribution in [2.24, 2.45) is 0 Å². The number of nitrogen functional groups attached to an aromatic ring is 1. The third kappa shape index (κ3) is 2.35. The van der Waals surface area contributed by atoms with Crippen LogP contribution in [0.15, 0.2) is 40.8 Å². The number of rotatable bonds is 4. The molecule has 112 valence electrons. The molecule has 1 aromatic carbocycles. The van der Waals surface area contributed by atoms with Gasteiger partial charge in [0, 0.05) is 18.4 Å². The van der Waals surface area contributed by atoms with Crippen molar-refractivity contribution in [1.82, 2.24) is 4.98 Å². The van der Waals surface area contributed by atoms with E-state index in [9.17, 15) is 4.79 Å². The van der Waals surface area contributed by atoms with Gasteiger partial charge in [-0.1, -0.05) is 30.3 Å². The Kier molecular flexibility index (Phi) is 3.65. The van der Waals surface area contributed by atoms with E-state index < -0.39 is 0 Å². The van der Waals surface area contributed by atoms with Gasteiger partial charge in [-0.05, 0) is 18.6 Å². The van der Waals surface area contributed by atoms with E-state index in [1.54, 1.807) is 31.4 Å². The van der Waals surface area contributed by atoms with E-state index in [1.807, 2.05) is 19.1 Å². The molecule has 0 saturated heterocycles. The lowest BCUT2D eigenvalue weighted by atomic mass is 10.1. The number of benzene rings is 1. The number of methoxy groups -OCH3 is 1. The van der Waals surface area contributed by atoms with Gasteiger partial charge in [0.15, 0.2) is 0 Å². The van der Waals surface area contributed by atoms with Gasteiger partial charge in [0.25, 0.3) is 0 Å². The second-order valence-electron chi connectivity index (χ2n) is 5.08. The highest BCUT2D eigenvalue weighted by Gasteiger charge is 2.22. The van der Waals surface area contributed by atoms with Crippen LogP contribution < -0.4 is 5.73 Å². The molecule has 0 aliphatic carbocycles. The van der Waals surface area contributed by atoms with Crippen molar-refractivity contribution in [3.63, 3.8) is 0 Å². The molecule has 0 atom stereocenters. The van der Waals surface area contributed by atoms with Crippen LogP contribution in [-0.4, -0.2) is 17.9 Å². The van der Waals surface area contributed by atoms with Crippen LogP contribution in [-0.2, 0) is 11.3 Å². The summed E-state index contributed by atoms with van der Waals surface area (Å²) >= 11 is 0. The molecular formula is C17H16N2O3. The van der Waals surface area contributed by atoms with E-state index in [0.717, 1.165) is 11.3 Å². The number of carbonyl (C=O) groups is 1. The first-order valence-electron chi connectivity index (χ1n) is 6.89. The predicted octanol–water partition coefficient (Wildman–Crippen LogP) is 3.10. The average molecular weight is 296 g/mol. The molecule has 0 unspecified atom stereocenters. The normalized spacial score (nSPS) is 11.0. The molecule has 0 radical (unpaired) electrons. The van der Waals surface area contributed by atoms with Gasteiger partial charge in [-0.3, -0.25) is 4.79 Å². The zero-order chi connectivity index (χ0) is 15.7. The lowest BCUT2D eigenvalue weighted by molar-refractivity contribution is 0.101. The minimum Gasteiger partial charge on any atom is -0.432 e. The number of nitrogens with zero attached hydrogens (tertiary/aromatic N) is 1. The van der Waals surface area contributed by atoms with E-state index >= 15 is 0 Å². The Balaban J connectivity index is 2.18. The third-order valence-corrected chi connectivity index (χ3v) is 3.45. The molecule has 0 aliphatic rings. The molecule has 0 fully saturated rings. The molecule has 0 bridgehead atoms. The Morgan fingerprint density at radius 3 is 2.73 bits per heavy atom. The maximum Gasteiger partial charge on any atom is 0.230 e. The Morgan fingerprint density at radius 1 is 1.32 bits per heavy atom. The van der Waals surface area contributed by atoms with Gasteiger partial charge in [-0.15, -0.1) is 0 Å². The average Bonchev–Trinajstić information content (AvgIpc) is 2.84. The van der Waals surface area contributed by atoms with Gasteiger partial charge in [-0.25, -0.2) is 4.98 Å². The van der Waals surface area contributed by atoms with Crippen LogP contribution in [0.5, 0.6) is 0 Å². The fourth-order valence-electron chi connectivity index (χ4n) is 2.50. The van der Waals surface area contributed by atoms with E-state index in [2.05, 4.69) is 4.98 Å². The molecule has 3 rings (SSSR count). The SMILES string of the molecule is COCc1cc(C)nc2oc(C(=O)c3ccccc3)c(N)c12. The van der Waals surface area contributed by atoms with Crippen LogP contribution in [0.4, 0.5) is 5.69 Å². The quantitative estimate of drug-likeness (QED) is 0.748. The monoisotopic (exact) mass is 296 g/mol. The Morgan fingerprint density at radius 2 is 2.05 bits per heavy atom. The van der Waals surface area contributed by atoms with Crippen molar-refractivity contribution in [2.45, 2.75) is 13.5 Å². The smallest absolute Gasteiger partial charge is 0.230 e. The van der Waals surface area contributed by atoms with Gasteiger partial charge < -0.3 is 14.9 Å². The van der Waals surface area contributed by atoms with E-state index in [4.69, 9.17) is 14.9 Å². The van der Waals surface area contributed by atoms with Gasteiger partial charge in [-0.2, -0.15) is 0 Å². The highest BCUT2D eigenvalue weighted by molar-refractivity contribution is 6.14. The number of aryl methyl sites for hydroxylation is 1. The number of ketones is 1. The van der Waals surface area contributed by atoms with Crippen molar-refractivity contribution in [3.8, 4) is 0 Å². The summed E-state index contributed by atoms with van der Waals surface area (Å²) < 4.78 is 10.8. The summed E-state index contributed by atoms with van der Waals surface area (Å²) in [5.74, 6) is -0.131. The third-order valence-electron chi connectivity index (χ3n) is 3.45. The zero-order valence-electron chi connectivity index (χ0n) is 12.4. The fourth-order valence-corrected chi connectivity index (χ4v) is 2.50. The number of anilines is 1. The maximum atomic E-state index is 12.6. The lowest BCUT2D eigenvalue weighted by Gasteiger charge is -2.03. The minimum atomic E-state index is -0.253. The summed E-state index contributed by atoms with van der Waals surface area (Å²) in [4.78, 5) is 16.9. The molecule has 5 heteroatoms. The second kappa shape index (κ2) is 5.61. The van der Waals surface area contributed by atoms with Crippen LogP contribution in [0, 0.1) is 6.92 Å². The number of hydrogen-bond acceptors (Lipinski definition) is 5. The number of nitrogens with two attached hydrogens (primary N) is 1. The molecule has 2 N–H and O–H groups in total. The summed E-state index contributed by atoms with van der Waals surface area (Å²) in [6, 6.07) is 10.8. The first-order valence-corrected chi connectivity index (χ1v) is 6.89. The molecule has 22 heavy (non-hydrogen) atoms. The van der Waals surface area contributed by atoms with Gasteiger partial charge in [0.05, 0.1) is 17.7 Å². The van der Waals surface area contributed by atoms with Crippen LogP contribution in [0.25, 0.3) is 11.1 Å². The molecular weight excluding hydrogens is 280 g/mol. The molecule has 0 amide bonds. The maximum absolute atomic E-state index is 12.6. The largest absolute Gasteiger partial charge is 0.432 e. The highest BCUT2D eigenvalue weighted by Crippen LogP contribution is 2.32. The van der Waals surface area contributed by atoms with Crippen LogP contribution in [0.3, 0.4) is 0 Å². The molecule has 0 spiro atoms. The second-order valence-corrected chi connectivity index (χ2v) is 5.08. The van der Waals surface area contributed by atoms with E-state index in [0.29, 0.717) is 29.0 Å². The summed E-state index contributed by atoms with van der Waals surface area (Å²) in [5, 5.41) is 0.645. The van der Waals surface area contributed by atoms with E-state index in [-0.39, 0.29) is 11.5 Å². The van der Waals surface area contributed by atoms with Gasteiger partial charge >= 0.3 is 0 Å². The lowest BCUT2D eigenvalue weighted by Crippen LogP contribution is -2.03. The Hall–Kier alpha value is -2.66. The number of furan rings is 1. The molecule has 0 aliphatic heterocycles. The van der Waals surface area contributed by atoms with Crippen molar-refractivity contribution in [2.75, 3.05) is 12.8 Å². The van der Waals surface area contributed by atoms with Crippen molar-refractivity contribution >= 4 is 22.6 Å². The topological polar surface area (TPSA) is 78.4 Å². The van der Waals surface area contributed by atoms with Gasteiger partial charge in [0.1, 0.15) is 0 Å². The Bertz CT molecular complexity index is 838. The first-order chi connectivity index (χ1) is 10.6. The number of ether oxygens (including phenoxy) is 1. The molecule has 0 saturated carbocycles. The minimum absolute atomic E-state index is 0.122. The standard InChI is InChI=1S/C17H16N2O3/c1-10-8-12(9-21-2)13-14(18)16(22-17(13)19-10)15(20)11-6-4-3-5-7-11/h3-8H,9,18H2,1-2H3.